The topological polar surface area (TPSA) is 73.8 Å². The Hall–Kier alpha value is -0.870. The van der Waals surface area contributed by atoms with Crippen molar-refractivity contribution in [2.75, 3.05) is 26.2 Å². The van der Waals surface area contributed by atoms with Crippen LogP contribution in [0.1, 0.15) is 24.8 Å². The molecule has 0 amide bonds. The lowest BCUT2D eigenvalue weighted by Crippen LogP contribution is -2.40. The Labute approximate surface area is 154 Å². The standard InChI is InChI=1S/C15H22N4O2S.HI/c20-22(21,19-10-1-2-11-19)14-6-4-13(5-7-14)12-18-15-16-8-3-9-17-15;/h4-7H,1-3,8-12H2,(H2,16,17,18);1H. The lowest BCUT2D eigenvalue weighted by atomic mass is 10.2. The van der Waals surface area contributed by atoms with Crippen molar-refractivity contribution in [1.29, 1.82) is 0 Å². The molecule has 1 aromatic rings. The van der Waals surface area contributed by atoms with E-state index in [9.17, 15) is 8.42 Å². The van der Waals surface area contributed by atoms with Gasteiger partial charge in [0.05, 0.1) is 4.90 Å². The number of nitrogens with zero attached hydrogens (tertiary/aromatic N) is 2. The van der Waals surface area contributed by atoms with Gasteiger partial charge in [-0.3, -0.25) is 4.99 Å². The van der Waals surface area contributed by atoms with Crippen molar-refractivity contribution >= 4 is 40.0 Å². The summed E-state index contributed by atoms with van der Waals surface area (Å²) in [5.74, 6) is 0.819. The number of halogens is 1. The molecule has 3 rings (SSSR count). The molecule has 1 saturated heterocycles. The molecule has 0 unspecified atom stereocenters. The monoisotopic (exact) mass is 450 g/mol. The number of benzene rings is 1. The van der Waals surface area contributed by atoms with E-state index in [1.165, 1.54) is 0 Å². The molecule has 128 valence electrons. The van der Waals surface area contributed by atoms with Crippen molar-refractivity contribution in [3.05, 3.63) is 29.8 Å². The maximum atomic E-state index is 12.4. The van der Waals surface area contributed by atoms with E-state index < -0.39 is 10.0 Å². The van der Waals surface area contributed by atoms with Gasteiger partial charge in [0.15, 0.2) is 5.96 Å². The number of nitrogens with one attached hydrogen (secondary N) is 2. The zero-order chi connectivity index (χ0) is 15.4. The summed E-state index contributed by atoms with van der Waals surface area (Å²) in [6.45, 7) is 3.70. The van der Waals surface area contributed by atoms with Gasteiger partial charge < -0.3 is 10.6 Å². The number of aliphatic imine (C=N–C) groups is 1. The highest BCUT2D eigenvalue weighted by molar-refractivity contribution is 14.0. The third-order valence-corrected chi connectivity index (χ3v) is 5.90. The minimum Gasteiger partial charge on any atom is -0.356 e. The molecule has 0 radical (unpaired) electrons. The van der Waals surface area contributed by atoms with E-state index in [2.05, 4.69) is 15.6 Å². The van der Waals surface area contributed by atoms with Crippen molar-refractivity contribution in [2.45, 2.75) is 30.7 Å². The van der Waals surface area contributed by atoms with E-state index in [1.54, 1.807) is 16.4 Å². The molecule has 2 heterocycles. The first kappa shape index (κ1) is 18.5. The molecule has 23 heavy (non-hydrogen) atoms. The highest BCUT2D eigenvalue weighted by Gasteiger charge is 2.26. The smallest absolute Gasteiger partial charge is 0.243 e. The summed E-state index contributed by atoms with van der Waals surface area (Å²) in [5.41, 5.74) is 1.04. The molecule has 0 aromatic heterocycles. The van der Waals surface area contributed by atoms with Crippen molar-refractivity contribution in [2.24, 2.45) is 4.99 Å². The minimum absolute atomic E-state index is 0. The Balaban J connectivity index is 0.00000192. The first-order chi connectivity index (χ1) is 10.7. The van der Waals surface area contributed by atoms with Crippen LogP contribution < -0.4 is 10.6 Å². The van der Waals surface area contributed by atoms with Crippen LogP contribution in [0.5, 0.6) is 0 Å². The SMILES string of the molecule is I.O=S(=O)(c1ccc(CNC2=NCCCN2)cc1)N1CCCC1. The largest absolute Gasteiger partial charge is 0.356 e. The summed E-state index contributed by atoms with van der Waals surface area (Å²) >= 11 is 0. The Bertz CT molecular complexity index is 640. The van der Waals surface area contributed by atoms with Crippen LogP contribution in [0.25, 0.3) is 0 Å². The summed E-state index contributed by atoms with van der Waals surface area (Å²) < 4.78 is 26.4. The Morgan fingerprint density at radius 3 is 2.43 bits per heavy atom. The predicted octanol–water partition coefficient (Wildman–Crippen LogP) is 1.53. The van der Waals surface area contributed by atoms with E-state index in [0.717, 1.165) is 43.9 Å². The second kappa shape index (κ2) is 8.29. The van der Waals surface area contributed by atoms with Crippen molar-refractivity contribution in [3.63, 3.8) is 0 Å². The molecule has 0 aliphatic carbocycles. The van der Waals surface area contributed by atoms with Crippen molar-refractivity contribution in [1.82, 2.24) is 14.9 Å². The van der Waals surface area contributed by atoms with E-state index in [1.807, 2.05) is 12.1 Å². The van der Waals surface area contributed by atoms with Crippen LogP contribution >= 0.6 is 24.0 Å². The molecule has 0 bridgehead atoms. The fourth-order valence-corrected chi connectivity index (χ4v) is 4.21. The summed E-state index contributed by atoms with van der Waals surface area (Å²) in [4.78, 5) is 4.73. The Morgan fingerprint density at radius 2 is 1.83 bits per heavy atom. The molecule has 0 saturated carbocycles. The number of hydrogen-bond acceptors (Lipinski definition) is 5. The lowest BCUT2D eigenvalue weighted by molar-refractivity contribution is 0.477. The van der Waals surface area contributed by atoms with Gasteiger partial charge in [0.25, 0.3) is 0 Å². The first-order valence-electron chi connectivity index (χ1n) is 7.77. The molecule has 0 atom stereocenters. The molecule has 1 aromatic carbocycles. The van der Waals surface area contributed by atoms with Gasteiger partial charge >= 0.3 is 0 Å². The third-order valence-electron chi connectivity index (χ3n) is 3.98. The molecule has 1 fully saturated rings. The quantitative estimate of drug-likeness (QED) is 0.683. The van der Waals surface area contributed by atoms with Crippen LogP contribution in [0.15, 0.2) is 34.2 Å². The second-order valence-electron chi connectivity index (χ2n) is 5.62. The highest BCUT2D eigenvalue weighted by atomic mass is 127. The molecule has 0 spiro atoms. The maximum Gasteiger partial charge on any atom is 0.243 e. The predicted molar refractivity (Wildman–Crippen MR) is 102 cm³/mol. The lowest BCUT2D eigenvalue weighted by Gasteiger charge is -2.17. The number of rotatable bonds is 4. The minimum atomic E-state index is -3.31. The van der Waals surface area contributed by atoms with Crippen LogP contribution in [0, 0.1) is 0 Å². The van der Waals surface area contributed by atoms with Crippen molar-refractivity contribution in [3.8, 4) is 0 Å². The average molecular weight is 450 g/mol. The van der Waals surface area contributed by atoms with Gasteiger partial charge in [0.2, 0.25) is 10.0 Å². The van der Waals surface area contributed by atoms with Gasteiger partial charge in [-0.15, -0.1) is 24.0 Å². The summed E-state index contributed by atoms with van der Waals surface area (Å²) in [6.07, 6.45) is 2.97. The summed E-state index contributed by atoms with van der Waals surface area (Å²) in [7, 11) is -3.31. The molecular weight excluding hydrogens is 427 g/mol. The van der Waals surface area contributed by atoms with Gasteiger partial charge in [-0.1, -0.05) is 12.1 Å². The van der Waals surface area contributed by atoms with E-state index >= 15 is 0 Å². The number of sulfonamides is 1. The first-order valence-corrected chi connectivity index (χ1v) is 9.21. The fraction of sp³-hybridized carbons (Fsp3) is 0.533. The van der Waals surface area contributed by atoms with Gasteiger partial charge in [-0.2, -0.15) is 4.31 Å². The summed E-state index contributed by atoms with van der Waals surface area (Å²) in [5, 5.41) is 6.43. The van der Waals surface area contributed by atoms with Gasteiger partial charge in [0.1, 0.15) is 0 Å². The summed E-state index contributed by atoms with van der Waals surface area (Å²) in [6, 6.07) is 7.11. The van der Waals surface area contributed by atoms with Gasteiger partial charge in [-0.25, -0.2) is 8.42 Å². The van der Waals surface area contributed by atoms with Crippen LogP contribution in [0.4, 0.5) is 0 Å². The van der Waals surface area contributed by atoms with Crippen molar-refractivity contribution < 1.29 is 8.42 Å². The average Bonchev–Trinajstić information content (AvgIpc) is 3.10. The highest BCUT2D eigenvalue weighted by Crippen LogP contribution is 2.21. The van der Waals surface area contributed by atoms with Crippen LogP contribution in [0.2, 0.25) is 0 Å². The molecular formula is C15H23IN4O2S. The van der Waals surface area contributed by atoms with Gasteiger partial charge in [-0.05, 0) is 37.0 Å². The van der Waals surface area contributed by atoms with Gasteiger partial charge in [0, 0.05) is 32.7 Å². The second-order valence-corrected chi connectivity index (χ2v) is 7.56. The van der Waals surface area contributed by atoms with Crippen LogP contribution in [0.3, 0.4) is 0 Å². The molecule has 2 aliphatic rings. The van der Waals surface area contributed by atoms with E-state index in [0.29, 0.717) is 24.5 Å². The molecule has 2 aliphatic heterocycles. The Kier molecular flexibility index (Phi) is 6.66. The van der Waals surface area contributed by atoms with E-state index in [-0.39, 0.29) is 24.0 Å². The van der Waals surface area contributed by atoms with Crippen LogP contribution in [-0.4, -0.2) is 44.9 Å². The molecule has 6 nitrogen and oxygen atoms in total. The fourth-order valence-electron chi connectivity index (χ4n) is 2.69. The zero-order valence-corrected chi connectivity index (χ0v) is 16.1. The third kappa shape index (κ3) is 4.57. The number of hydrogen-bond donors (Lipinski definition) is 2. The van der Waals surface area contributed by atoms with E-state index in [4.69, 9.17) is 0 Å². The molecule has 8 heteroatoms. The maximum absolute atomic E-state index is 12.4. The Morgan fingerprint density at radius 1 is 1.13 bits per heavy atom. The number of guanidine groups is 1. The van der Waals surface area contributed by atoms with Crippen LogP contribution in [-0.2, 0) is 16.6 Å². The molecule has 2 N–H and O–H groups in total. The zero-order valence-electron chi connectivity index (χ0n) is 13.0. The normalized spacial score (nSPS) is 18.7.